The number of carbonyl (C=O) groups excluding carboxylic acids is 1. The molecule has 2 N–H and O–H groups in total. The van der Waals surface area contributed by atoms with Crippen LogP contribution in [0.25, 0.3) is 0 Å². The number of amides is 1. The first-order valence-corrected chi connectivity index (χ1v) is 8.71. The van der Waals surface area contributed by atoms with E-state index in [4.69, 9.17) is 0 Å². The fourth-order valence-corrected chi connectivity index (χ4v) is 3.13. The Labute approximate surface area is 148 Å². The standard InChI is InChI=1S/C20H25N3O2/c1-20(2,10-13-24)14-22-18-16(7-5-11-21-18)19(25)23-12-9-15-6-3-4-8-17(15)23/h3-8,11,24H,9-10,12-14H2,1-2H3,(H,21,22). The lowest BCUT2D eigenvalue weighted by atomic mass is 9.90. The van der Waals surface area contributed by atoms with Gasteiger partial charge < -0.3 is 15.3 Å². The largest absolute Gasteiger partial charge is 0.396 e. The molecule has 0 spiro atoms. The number of nitrogens with one attached hydrogen (secondary N) is 1. The first-order valence-electron chi connectivity index (χ1n) is 8.71. The van der Waals surface area contributed by atoms with E-state index in [1.54, 1.807) is 12.3 Å². The number of rotatable bonds is 6. The zero-order valence-electron chi connectivity index (χ0n) is 14.8. The van der Waals surface area contributed by atoms with Crippen LogP contribution in [0.1, 0.15) is 36.2 Å². The first-order chi connectivity index (χ1) is 12.0. The SMILES string of the molecule is CC(C)(CCO)CNc1ncccc1C(=O)N1CCc2ccccc21. The molecule has 0 atom stereocenters. The van der Waals surface area contributed by atoms with Crippen LogP contribution in [0.15, 0.2) is 42.6 Å². The van der Waals surface area contributed by atoms with E-state index >= 15 is 0 Å². The molecular weight excluding hydrogens is 314 g/mol. The van der Waals surface area contributed by atoms with Gasteiger partial charge >= 0.3 is 0 Å². The molecule has 2 heterocycles. The minimum Gasteiger partial charge on any atom is -0.396 e. The topological polar surface area (TPSA) is 65.5 Å². The smallest absolute Gasteiger partial charge is 0.262 e. The number of carbonyl (C=O) groups is 1. The number of benzene rings is 1. The molecule has 0 saturated heterocycles. The molecular formula is C20H25N3O2. The molecule has 0 radical (unpaired) electrons. The Balaban J connectivity index is 1.80. The van der Waals surface area contributed by atoms with Crippen LogP contribution in [0.2, 0.25) is 0 Å². The molecule has 1 aromatic heterocycles. The van der Waals surface area contributed by atoms with Crippen molar-refractivity contribution in [3.63, 3.8) is 0 Å². The van der Waals surface area contributed by atoms with Crippen LogP contribution in [0.4, 0.5) is 11.5 Å². The summed E-state index contributed by atoms with van der Waals surface area (Å²) in [5, 5.41) is 12.5. The average Bonchev–Trinajstić information content (AvgIpc) is 3.04. The Morgan fingerprint density at radius 2 is 2.08 bits per heavy atom. The van der Waals surface area contributed by atoms with Crippen LogP contribution < -0.4 is 10.2 Å². The summed E-state index contributed by atoms with van der Waals surface area (Å²) in [6.07, 6.45) is 3.26. The van der Waals surface area contributed by atoms with Crippen molar-refractivity contribution < 1.29 is 9.90 Å². The van der Waals surface area contributed by atoms with Gasteiger partial charge in [0, 0.05) is 31.6 Å². The summed E-state index contributed by atoms with van der Waals surface area (Å²) in [7, 11) is 0. The average molecular weight is 339 g/mol. The van der Waals surface area contributed by atoms with Crippen LogP contribution in [-0.4, -0.2) is 35.7 Å². The van der Waals surface area contributed by atoms with Crippen LogP contribution in [0.5, 0.6) is 0 Å². The molecule has 0 fully saturated rings. The van der Waals surface area contributed by atoms with E-state index in [0.29, 0.717) is 30.9 Å². The van der Waals surface area contributed by atoms with E-state index in [0.717, 1.165) is 12.1 Å². The zero-order valence-corrected chi connectivity index (χ0v) is 14.8. The Morgan fingerprint density at radius 3 is 2.88 bits per heavy atom. The molecule has 0 aliphatic carbocycles. The molecule has 2 aromatic rings. The van der Waals surface area contributed by atoms with E-state index in [-0.39, 0.29) is 17.9 Å². The van der Waals surface area contributed by atoms with E-state index in [9.17, 15) is 9.90 Å². The lowest BCUT2D eigenvalue weighted by Crippen LogP contribution is -2.31. The molecule has 0 unspecified atom stereocenters. The summed E-state index contributed by atoms with van der Waals surface area (Å²) < 4.78 is 0. The third-order valence-corrected chi connectivity index (χ3v) is 4.69. The van der Waals surface area contributed by atoms with Gasteiger partial charge in [0.25, 0.3) is 5.91 Å². The maximum atomic E-state index is 13.1. The molecule has 1 aromatic carbocycles. The van der Waals surface area contributed by atoms with Gasteiger partial charge in [-0.1, -0.05) is 32.0 Å². The second kappa shape index (κ2) is 7.23. The highest BCUT2D eigenvalue weighted by Crippen LogP contribution is 2.30. The third-order valence-electron chi connectivity index (χ3n) is 4.69. The minimum absolute atomic E-state index is 0.0273. The first kappa shape index (κ1) is 17.4. The monoisotopic (exact) mass is 339 g/mol. The fourth-order valence-electron chi connectivity index (χ4n) is 3.13. The second-order valence-electron chi connectivity index (χ2n) is 7.23. The molecule has 5 nitrogen and oxygen atoms in total. The van der Waals surface area contributed by atoms with Crippen LogP contribution in [-0.2, 0) is 6.42 Å². The van der Waals surface area contributed by atoms with E-state index in [1.807, 2.05) is 29.2 Å². The Hall–Kier alpha value is -2.40. The normalized spacial score (nSPS) is 13.6. The Morgan fingerprint density at radius 1 is 1.28 bits per heavy atom. The quantitative estimate of drug-likeness (QED) is 0.849. The summed E-state index contributed by atoms with van der Waals surface area (Å²) in [6, 6.07) is 11.6. The number of fused-ring (bicyclic) bond motifs is 1. The molecule has 1 aliphatic heterocycles. The molecule has 3 rings (SSSR count). The zero-order chi connectivity index (χ0) is 17.9. The lowest BCUT2D eigenvalue weighted by molar-refractivity contribution is 0.0989. The van der Waals surface area contributed by atoms with Crippen LogP contribution in [0, 0.1) is 5.41 Å². The number of nitrogens with zero attached hydrogens (tertiary/aromatic N) is 2. The minimum atomic E-state index is -0.0766. The van der Waals surface area contributed by atoms with E-state index in [2.05, 4.69) is 30.2 Å². The van der Waals surface area contributed by atoms with Gasteiger partial charge in [-0.2, -0.15) is 0 Å². The highest BCUT2D eigenvalue weighted by Gasteiger charge is 2.27. The summed E-state index contributed by atoms with van der Waals surface area (Å²) in [4.78, 5) is 19.3. The van der Waals surface area contributed by atoms with Crippen molar-refractivity contribution in [3.8, 4) is 0 Å². The highest BCUT2D eigenvalue weighted by molar-refractivity contribution is 6.10. The molecule has 132 valence electrons. The van der Waals surface area contributed by atoms with Crippen molar-refractivity contribution in [2.75, 3.05) is 29.9 Å². The molecule has 0 saturated carbocycles. The van der Waals surface area contributed by atoms with Crippen molar-refractivity contribution in [2.24, 2.45) is 5.41 Å². The molecule has 0 bridgehead atoms. The van der Waals surface area contributed by atoms with Gasteiger partial charge in [-0.25, -0.2) is 4.98 Å². The van der Waals surface area contributed by atoms with Gasteiger partial charge in [-0.15, -0.1) is 0 Å². The predicted molar refractivity (Wildman–Crippen MR) is 100 cm³/mol. The van der Waals surface area contributed by atoms with E-state index < -0.39 is 0 Å². The van der Waals surface area contributed by atoms with Gasteiger partial charge in [0.05, 0.1) is 5.56 Å². The maximum Gasteiger partial charge on any atom is 0.262 e. The number of pyridine rings is 1. The Kier molecular flexibility index (Phi) is 5.04. The van der Waals surface area contributed by atoms with Crippen molar-refractivity contribution >= 4 is 17.4 Å². The van der Waals surface area contributed by atoms with Gasteiger partial charge in [-0.3, -0.25) is 4.79 Å². The molecule has 1 aliphatic rings. The highest BCUT2D eigenvalue weighted by atomic mass is 16.3. The Bertz CT molecular complexity index is 758. The van der Waals surface area contributed by atoms with Gasteiger partial charge in [0.2, 0.25) is 0 Å². The third kappa shape index (κ3) is 3.82. The number of aliphatic hydroxyl groups is 1. The number of para-hydroxylation sites is 1. The van der Waals surface area contributed by atoms with Crippen LogP contribution in [0.3, 0.4) is 0 Å². The van der Waals surface area contributed by atoms with Crippen molar-refractivity contribution in [1.29, 1.82) is 0 Å². The number of aromatic nitrogens is 1. The number of aliphatic hydroxyl groups excluding tert-OH is 1. The van der Waals surface area contributed by atoms with Crippen molar-refractivity contribution in [3.05, 3.63) is 53.7 Å². The maximum absolute atomic E-state index is 13.1. The predicted octanol–water partition coefficient (Wildman–Crippen LogP) is 3.11. The number of hydrogen-bond acceptors (Lipinski definition) is 4. The van der Waals surface area contributed by atoms with E-state index in [1.165, 1.54) is 5.56 Å². The van der Waals surface area contributed by atoms with Crippen LogP contribution >= 0.6 is 0 Å². The summed E-state index contributed by atoms with van der Waals surface area (Å²) >= 11 is 0. The summed E-state index contributed by atoms with van der Waals surface area (Å²) in [5.74, 6) is 0.573. The molecule has 25 heavy (non-hydrogen) atoms. The number of anilines is 2. The summed E-state index contributed by atoms with van der Waals surface area (Å²) in [5.41, 5.74) is 2.70. The van der Waals surface area contributed by atoms with Gasteiger partial charge in [0.15, 0.2) is 0 Å². The number of hydrogen-bond donors (Lipinski definition) is 2. The van der Waals surface area contributed by atoms with Gasteiger partial charge in [-0.05, 0) is 42.0 Å². The molecule has 5 heteroatoms. The second-order valence-corrected chi connectivity index (χ2v) is 7.23. The van der Waals surface area contributed by atoms with Crippen molar-refractivity contribution in [1.82, 2.24) is 4.98 Å². The molecule has 1 amide bonds. The summed E-state index contributed by atoms with van der Waals surface area (Å²) in [6.45, 7) is 5.64. The lowest BCUT2D eigenvalue weighted by Gasteiger charge is -2.25. The van der Waals surface area contributed by atoms with Gasteiger partial charge in [0.1, 0.15) is 5.82 Å². The van der Waals surface area contributed by atoms with Crippen molar-refractivity contribution in [2.45, 2.75) is 26.7 Å². The fraction of sp³-hybridized carbons (Fsp3) is 0.400.